The van der Waals surface area contributed by atoms with E-state index in [1.54, 1.807) is 6.20 Å². The number of hydrogen-bond acceptors (Lipinski definition) is 2. The summed E-state index contributed by atoms with van der Waals surface area (Å²) in [6, 6.07) is 5.78. The summed E-state index contributed by atoms with van der Waals surface area (Å²) < 4.78 is 0.567. The summed E-state index contributed by atoms with van der Waals surface area (Å²) in [5, 5.41) is 0. The van der Waals surface area contributed by atoms with E-state index in [9.17, 15) is 4.79 Å². The number of hydrogen-bond donors (Lipinski definition) is 2. The molecule has 0 saturated heterocycles. The van der Waals surface area contributed by atoms with Crippen molar-refractivity contribution in [2.24, 2.45) is 0 Å². The first-order valence-electron chi connectivity index (χ1n) is 5.25. The van der Waals surface area contributed by atoms with Gasteiger partial charge in [0.15, 0.2) is 0 Å². The molecule has 0 fully saturated rings. The molecule has 0 spiro atoms. The van der Waals surface area contributed by atoms with Crippen LogP contribution in [0.3, 0.4) is 0 Å². The van der Waals surface area contributed by atoms with Crippen molar-refractivity contribution in [3.63, 3.8) is 0 Å². The Balaban J connectivity index is 2.74. The number of halogens is 1. The van der Waals surface area contributed by atoms with Crippen molar-refractivity contribution in [3.05, 3.63) is 50.3 Å². The van der Waals surface area contributed by atoms with E-state index < -0.39 is 0 Å². The fourth-order valence-corrected chi connectivity index (χ4v) is 2.15. The average Bonchev–Trinajstić information content (AvgIpc) is 2.31. The van der Waals surface area contributed by atoms with Crippen molar-refractivity contribution in [3.8, 4) is 11.1 Å². The molecule has 0 aliphatic rings. The van der Waals surface area contributed by atoms with Gasteiger partial charge in [-0.25, -0.2) is 0 Å². The van der Waals surface area contributed by atoms with Crippen LogP contribution in [0.1, 0.15) is 11.1 Å². The van der Waals surface area contributed by atoms with Gasteiger partial charge in [0.05, 0.1) is 4.47 Å². The monoisotopic (exact) mass is 292 g/mol. The minimum absolute atomic E-state index is 0.118. The SMILES string of the molecule is Cc1c(N)cccc1-c1c[nH]c(=O)c(Br)c1C. The van der Waals surface area contributed by atoms with Gasteiger partial charge in [0, 0.05) is 17.4 Å². The third-order valence-corrected chi connectivity index (χ3v) is 3.90. The van der Waals surface area contributed by atoms with Gasteiger partial charge >= 0.3 is 0 Å². The van der Waals surface area contributed by atoms with Crippen LogP contribution in [0.2, 0.25) is 0 Å². The zero-order valence-corrected chi connectivity index (χ0v) is 11.3. The first-order valence-corrected chi connectivity index (χ1v) is 6.05. The summed E-state index contributed by atoms with van der Waals surface area (Å²) >= 11 is 3.30. The highest BCUT2D eigenvalue weighted by atomic mass is 79.9. The molecular weight excluding hydrogens is 280 g/mol. The van der Waals surface area contributed by atoms with Crippen LogP contribution >= 0.6 is 15.9 Å². The van der Waals surface area contributed by atoms with Gasteiger partial charge in [0.2, 0.25) is 0 Å². The zero-order valence-electron chi connectivity index (χ0n) is 9.67. The Morgan fingerprint density at radius 3 is 2.59 bits per heavy atom. The van der Waals surface area contributed by atoms with Crippen molar-refractivity contribution >= 4 is 21.6 Å². The molecule has 1 heterocycles. The molecule has 2 rings (SSSR count). The summed E-state index contributed by atoms with van der Waals surface area (Å²) in [5.41, 5.74) is 10.5. The molecule has 0 aliphatic carbocycles. The highest BCUT2D eigenvalue weighted by molar-refractivity contribution is 9.10. The van der Waals surface area contributed by atoms with E-state index in [0.29, 0.717) is 4.47 Å². The molecule has 0 unspecified atom stereocenters. The summed E-state index contributed by atoms with van der Waals surface area (Å²) in [6.45, 7) is 3.89. The number of rotatable bonds is 1. The molecule has 1 aromatic carbocycles. The standard InChI is InChI=1S/C13H13BrN2O/c1-7-9(4-3-5-11(7)15)10-6-16-13(17)12(14)8(10)2/h3-6H,15H2,1-2H3,(H,16,17). The molecule has 88 valence electrons. The first-order chi connectivity index (χ1) is 8.02. The molecule has 0 amide bonds. The van der Waals surface area contributed by atoms with Gasteiger partial charge in [-0.2, -0.15) is 0 Å². The van der Waals surface area contributed by atoms with Crippen LogP contribution in [0.15, 0.2) is 33.7 Å². The molecule has 0 bridgehead atoms. The van der Waals surface area contributed by atoms with Gasteiger partial charge in [-0.15, -0.1) is 0 Å². The Morgan fingerprint density at radius 2 is 1.88 bits per heavy atom. The van der Waals surface area contributed by atoms with Gasteiger partial charge in [-0.05, 0) is 52.5 Å². The van der Waals surface area contributed by atoms with Crippen molar-refractivity contribution in [2.45, 2.75) is 13.8 Å². The topological polar surface area (TPSA) is 58.9 Å². The lowest BCUT2D eigenvalue weighted by Gasteiger charge is -2.11. The van der Waals surface area contributed by atoms with Crippen LogP contribution in [-0.4, -0.2) is 4.98 Å². The van der Waals surface area contributed by atoms with Crippen molar-refractivity contribution < 1.29 is 0 Å². The number of pyridine rings is 1. The number of aromatic amines is 1. The number of H-pyrrole nitrogens is 1. The van der Waals surface area contributed by atoms with E-state index in [-0.39, 0.29) is 5.56 Å². The lowest BCUT2D eigenvalue weighted by molar-refractivity contribution is 1.18. The van der Waals surface area contributed by atoms with Gasteiger partial charge in [-0.3, -0.25) is 4.79 Å². The van der Waals surface area contributed by atoms with Crippen LogP contribution in [-0.2, 0) is 0 Å². The van der Waals surface area contributed by atoms with E-state index in [1.165, 1.54) is 0 Å². The largest absolute Gasteiger partial charge is 0.398 e. The maximum Gasteiger partial charge on any atom is 0.262 e. The van der Waals surface area contributed by atoms with Crippen LogP contribution in [0.5, 0.6) is 0 Å². The molecule has 0 radical (unpaired) electrons. The van der Waals surface area contributed by atoms with Gasteiger partial charge in [-0.1, -0.05) is 12.1 Å². The minimum atomic E-state index is -0.118. The molecule has 1 aromatic heterocycles. The summed E-state index contributed by atoms with van der Waals surface area (Å²) in [4.78, 5) is 14.2. The Bertz CT molecular complexity index is 632. The second-order valence-corrected chi connectivity index (χ2v) is 4.78. The number of benzene rings is 1. The van der Waals surface area contributed by atoms with Crippen LogP contribution in [0, 0.1) is 13.8 Å². The zero-order chi connectivity index (χ0) is 12.6. The van der Waals surface area contributed by atoms with Crippen LogP contribution in [0.4, 0.5) is 5.69 Å². The summed E-state index contributed by atoms with van der Waals surface area (Å²) in [7, 11) is 0. The molecule has 2 aromatic rings. The van der Waals surface area contributed by atoms with Crippen molar-refractivity contribution in [1.29, 1.82) is 0 Å². The number of nitrogens with two attached hydrogens (primary N) is 1. The predicted octanol–water partition coefficient (Wildman–Crippen LogP) is 3.00. The van der Waals surface area contributed by atoms with Gasteiger partial charge in [0.25, 0.3) is 5.56 Å². The number of nitrogens with one attached hydrogen (secondary N) is 1. The molecule has 3 nitrogen and oxygen atoms in total. The number of anilines is 1. The Morgan fingerprint density at radius 1 is 1.18 bits per heavy atom. The van der Waals surface area contributed by atoms with E-state index in [4.69, 9.17) is 5.73 Å². The quantitative estimate of drug-likeness (QED) is 0.794. The first kappa shape index (κ1) is 11.9. The molecular formula is C13H13BrN2O. The van der Waals surface area contributed by atoms with Crippen molar-refractivity contribution in [1.82, 2.24) is 4.98 Å². The second kappa shape index (κ2) is 4.37. The third-order valence-electron chi connectivity index (χ3n) is 2.95. The van der Waals surface area contributed by atoms with Crippen LogP contribution in [0.25, 0.3) is 11.1 Å². The summed E-state index contributed by atoms with van der Waals surface area (Å²) in [5.74, 6) is 0. The Hall–Kier alpha value is -1.55. The van der Waals surface area contributed by atoms with Gasteiger partial charge < -0.3 is 10.7 Å². The molecule has 17 heavy (non-hydrogen) atoms. The van der Waals surface area contributed by atoms with Gasteiger partial charge in [0.1, 0.15) is 0 Å². The van der Waals surface area contributed by atoms with E-state index in [0.717, 1.165) is 27.9 Å². The smallest absolute Gasteiger partial charge is 0.262 e. The average molecular weight is 293 g/mol. The highest BCUT2D eigenvalue weighted by Gasteiger charge is 2.10. The molecule has 0 saturated carbocycles. The molecule has 4 heteroatoms. The normalized spacial score (nSPS) is 10.5. The lowest BCUT2D eigenvalue weighted by atomic mass is 9.97. The van der Waals surface area contributed by atoms with E-state index >= 15 is 0 Å². The maximum atomic E-state index is 11.4. The maximum absolute atomic E-state index is 11.4. The molecule has 0 atom stereocenters. The van der Waals surface area contributed by atoms with Crippen molar-refractivity contribution in [2.75, 3.05) is 5.73 Å². The van der Waals surface area contributed by atoms with E-state index in [2.05, 4.69) is 20.9 Å². The predicted molar refractivity (Wildman–Crippen MR) is 74.1 cm³/mol. The third kappa shape index (κ3) is 2.00. The fraction of sp³-hybridized carbons (Fsp3) is 0.154. The Labute approximate surface area is 108 Å². The Kier molecular flexibility index (Phi) is 3.07. The second-order valence-electron chi connectivity index (χ2n) is 3.99. The molecule has 0 aliphatic heterocycles. The number of aromatic nitrogens is 1. The van der Waals surface area contributed by atoms with E-state index in [1.807, 2.05) is 32.0 Å². The summed E-state index contributed by atoms with van der Waals surface area (Å²) in [6.07, 6.45) is 1.73. The van der Waals surface area contributed by atoms with Crippen LogP contribution < -0.4 is 11.3 Å². The highest BCUT2D eigenvalue weighted by Crippen LogP contribution is 2.30. The number of nitrogen functional groups attached to an aromatic ring is 1. The minimum Gasteiger partial charge on any atom is -0.398 e. The lowest BCUT2D eigenvalue weighted by Crippen LogP contribution is -2.08. The molecule has 3 N–H and O–H groups in total. The fourth-order valence-electron chi connectivity index (χ4n) is 1.82.